The number of nitrogens with zero attached hydrogens (tertiary/aromatic N) is 1. The van der Waals surface area contributed by atoms with Crippen molar-refractivity contribution in [2.45, 2.75) is 19.8 Å². The van der Waals surface area contributed by atoms with E-state index in [1.54, 1.807) is 6.07 Å². The number of halogens is 2. The number of aryl methyl sites for hydroxylation is 1. The molecule has 0 aliphatic rings. The van der Waals surface area contributed by atoms with E-state index >= 15 is 0 Å². The maximum Gasteiger partial charge on any atom is 0.139 e. The van der Waals surface area contributed by atoms with Gasteiger partial charge in [0, 0.05) is 29.9 Å². The molecular weight excluding hydrogens is 283 g/mol. The van der Waals surface area contributed by atoms with Crippen molar-refractivity contribution in [2.24, 2.45) is 0 Å². The van der Waals surface area contributed by atoms with E-state index in [1.807, 2.05) is 13.1 Å². The van der Waals surface area contributed by atoms with Gasteiger partial charge >= 0.3 is 0 Å². The average Bonchev–Trinajstić information content (AvgIpc) is 2.31. The lowest BCUT2D eigenvalue weighted by atomic mass is 10.1. The zero-order valence-electron chi connectivity index (χ0n) is 9.85. The fourth-order valence-electron chi connectivity index (χ4n) is 1.87. The van der Waals surface area contributed by atoms with Crippen LogP contribution in [0.25, 0.3) is 10.9 Å². The predicted octanol–water partition coefficient (Wildman–Crippen LogP) is 4.13. The Morgan fingerprint density at radius 3 is 2.76 bits per heavy atom. The van der Waals surface area contributed by atoms with Crippen molar-refractivity contribution in [3.8, 4) is 0 Å². The number of fused-ring (bicyclic) bond motifs is 1. The van der Waals surface area contributed by atoms with E-state index < -0.39 is 0 Å². The fourth-order valence-corrected chi connectivity index (χ4v) is 2.21. The Labute approximate surface area is 108 Å². The number of pyridine rings is 1. The van der Waals surface area contributed by atoms with E-state index in [4.69, 9.17) is 0 Å². The van der Waals surface area contributed by atoms with E-state index in [-0.39, 0.29) is 5.82 Å². The number of hydrogen-bond acceptors (Lipinski definition) is 2. The van der Waals surface area contributed by atoms with Gasteiger partial charge in [-0.25, -0.2) is 4.39 Å². The Morgan fingerprint density at radius 2 is 2.12 bits per heavy atom. The van der Waals surface area contributed by atoms with Crippen LogP contribution in [-0.2, 0) is 6.42 Å². The normalized spacial score (nSPS) is 10.8. The van der Waals surface area contributed by atoms with Gasteiger partial charge in [0.15, 0.2) is 0 Å². The minimum atomic E-state index is -0.277. The van der Waals surface area contributed by atoms with Crippen molar-refractivity contribution in [3.05, 3.63) is 34.2 Å². The highest BCUT2D eigenvalue weighted by Crippen LogP contribution is 2.28. The minimum Gasteiger partial charge on any atom is -0.388 e. The summed E-state index contributed by atoms with van der Waals surface area (Å²) in [6, 6.07) is 5.26. The summed E-state index contributed by atoms with van der Waals surface area (Å²) >= 11 is 3.20. The van der Waals surface area contributed by atoms with Crippen LogP contribution < -0.4 is 5.32 Å². The molecule has 0 bridgehead atoms. The molecule has 0 spiro atoms. The Morgan fingerprint density at radius 1 is 1.35 bits per heavy atom. The van der Waals surface area contributed by atoms with Gasteiger partial charge in [-0.05, 0) is 34.5 Å². The zero-order chi connectivity index (χ0) is 12.4. The molecule has 0 unspecified atom stereocenters. The summed E-state index contributed by atoms with van der Waals surface area (Å²) in [6.45, 7) is 2.10. The first kappa shape index (κ1) is 12.3. The quantitative estimate of drug-likeness (QED) is 0.921. The lowest BCUT2D eigenvalue weighted by Gasteiger charge is -2.09. The summed E-state index contributed by atoms with van der Waals surface area (Å²) in [6.07, 6.45) is 1.93. The SMILES string of the molecule is CCCc1cc(NC)c2cc(Br)c(F)cc2n1. The largest absolute Gasteiger partial charge is 0.388 e. The molecule has 17 heavy (non-hydrogen) atoms. The van der Waals surface area contributed by atoms with Crippen LogP contribution in [0.15, 0.2) is 22.7 Å². The van der Waals surface area contributed by atoms with Crippen LogP contribution in [0.3, 0.4) is 0 Å². The van der Waals surface area contributed by atoms with Crippen molar-refractivity contribution in [3.63, 3.8) is 0 Å². The highest BCUT2D eigenvalue weighted by Gasteiger charge is 2.08. The standard InChI is InChI=1S/C13H14BrFN2/c1-3-4-8-5-12(16-2)9-6-10(14)11(15)7-13(9)17-8/h5-7H,3-4H2,1-2H3,(H,16,17). The first-order valence-electron chi connectivity index (χ1n) is 5.62. The minimum absolute atomic E-state index is 0.277. The molecule has 2 rings (SSSR count). The molecule has 90 valence electrons. The summed E-state index contributed by atoms with van der Waals surface area (Å²) in [5.74, 6) is -0.277. The second-order valence-corrected chi connectivity index (χ2v) is 4.80. The Balaban J connectivity index is 2.68. The number of aromatic nitrogens is 1. The number of rotatable bonds is 3. The summed E-state index contributed by atoms with van der Waals surface area (Å²) in [7, 11) is 1.86. The number of anilines is 1. The predicted molar refractivity (Wildman–Crippen MR) is 72.9 cm³/mol. The highest BCUT2D eigenvalue weighted by atomic mass is 79.9. The van der Waals surface area contributed by atoms with E-state index in [9.17, 15) is 4.39 Å². The van der Waals surface area contributed by atoms with Crippen LogP contribution in [0.2, 0.25) is 0 Å². The number of nitrogens with one attached hydrogen (secondary N) is 1. The zero-order valence-corrected chi connectivity index (χ0v) is 11.4. The second kappa shape index (κ2) is 5.00. The molecule has 1 aromatic heterocycles. The van der Waals surface area contributed by atoms with Gasteiger partial charge in [-0.2, -0.15) is 0 Å². The highest BCUT2D eigenvalue weighted by molar-refractivity contribution is 9.10. The second-order valence-electron chi connectivity index (χ2n) is 3.94. The van der Waals surface area contributed by atoms with E-state index in [0.29, 0.717) is 9.99 Å². The smallest absolute Gasteiger partial charge is 0.139 e. The third kappa shape index (κ3) is 2.41. The van der Waals surface area contributed by atoms with E-state index in [0.717, 1.165) is 29.6 Å². The van der Waals surface area contributed by atoms with Crippen LogP contribution in [-0.4, -0.2) is 12.0 Å². The molecule has 1 heterocycles. The van der Waals surface area contributed by atoms with Gasteiger partial charge in [0.25, 0.3) is 0 Å². The van der Waals surface area contributed by atoms with Crippen molar-refractivity contribution in [1.82, 2.24) is 4.98 Å². The summed E-state index contributed by atoms with van der Waals surface area (Å²) in [5, 5.41) is 4.06. The third-order valence-electron chi connectivity index (χ3n) is 2.68. The molecule has 1 N–H and O–H groups in total. The number of hydrogen-bond donors (Lipinski definition) is 1. The third-order valence-corrected chi connectivity index (χ3v) is 3.29. The van der Waals surface area contributed by atoms with Crippen LogP contribution >= 0.6 is 15.9 Å². The molecule has 0 aliphatic carbocycles. The van der Waals surface area contributed by atoms with Crippen molar-refractivity contribution < 1.29 is 4.39 Å². The van der Waals surface area contributed by atoms with Crippen LogP contribution in [0.1, 0.15) is 19.0 Å². The van der Waals surface area contributed by atoms with Crippen LogP contribution in [0.5, 0.6) is 0 Å². The topological polar surface area (TPSA) is 24.9 Å². The van der Waals surface area contributed by atoms with Gasteiger partial charge in [-0.3, -0.25) is 4.98 Å². The lowest BCUT2D eigenvalue weighted by molar-refractivity contribution is 0.622. The van der Waals surface area contributed by atoms with Gasteiger partial charge in [-0.1, -0.05) is 13.3 Å². The van der Waals surface area contributed by atoms with Gasteiger partial charge in [0.2, 0.25) is 0 Å². The summed E-state index contributed by atoms with van der Waals surface area (Å²) < 4.78 is 14.0. The molecular formula is C13H14BrFN2. The summed E-state index contributed by atoms with van der Waals surface area (Å²) in [5.41, 5.74) is 2.67. The molecule has 1 aromatic carbocycles. The molecule has 0 saturated carbocycles. The van der Waals surface area contributed by atoms with Crippen LogP contribution in [0.4, 0.5) is 10.1 Å². The van der Waals surface area contributed by atoms with Gasteiger partial charge in [0.1, 0.15) is 5.82 Å². The molecule has 0 aliphatic heterocycles. The monoisotopic (exact) mass is 296 g/mol. The molecule has 4 heteroatoms. The molecule has 2 aromatic rings. The van der Waals surface area contributed by atoms with Crippen molar-refractivity contribution in [2.75, 3.05) is 12.4 Å². The first-order valence-corrected chi connectivity index (χ1v) is 6.41. The molecule has 0 radical (unpaired) electrons. The van der Waals surface area contributed by atoms with Crippen LogP contribution in [0, 0.1) is 5.82 Å². The maximum atomic E-state index is 13.5. The maximum absolute atomic E-state index is 13.5. The average molecular weight is 297 g/mol. The Hall–Kier alpha value is -1.16. The Kier molecular flexibility index (Phi) is 3.62. The lowest BCUT2D eigenvalue weighted by Crippen LogP contribution is -1.97. The van der Waals surface area contributed by atoms with Gasteiger partial charge < -0.3 is 5.32 Å². The van der Waals surface area contributed by atoms with Gasteiger partial charge in [0.05, 0.1) is 9.99 Å². The molecule has 0 saturated heterocycles. The van der Waals surface area contributed by atoms with Gasteiger partial charge in [-0.15, -0.1) is 0 Å². The molecule has 0 fully saturated rings. The number of benzene rings is 1. The fraction of sp³-hybridized carbons (Fsp3) is 0.308. The molecule has 0 atom stereocenters. The molecule has 0 amide bonds. The van der Waals surface area contributed by atoms with Crippen molar-refractivity contribution >= 4 is 32.5 Å². The first-order chi connectivity index (χ1) is 8.15. The van der Waals surface area contributed by atoms with Crippen molar-refractivity contribution in [1.29, 1.82) is 0 Å². The Bertz CT molecular complexity index is 555. The molecule has 2 nitrogen and oxygen atoms in total. The van der Waals surface area contributed by atoms with E-state index in [1.165, 1.54) is 6.07 Å². The summed E-state index contributed by atoms with van der Waals surface area (Å²) in [4.78, 5) is 4.47. The van der Waals surface area contributed by atoms with E-state index in [2.05, 4.69) is 33.2 Å².